The Labute approximate surface area is 211 Å². The fourth-order valence-electron chi connectivity index (χ4n) is 4.07. The first kappa shape index (κ1) is 27.1. The SMILES string of the molecule is C[C@@H]1C[C@](OC(=O)/C=C/c2ccc(O)c(O)c2)(C(=O)O)C[C@@H](O)C1OC(=O)/C=C/c1ccc(O)c(O)c1. The van der Waals surface area contributed by atoms with Crippen LogP contribution >= 0.6 is 0 Å². The molecule has 0 aromatic heterocycles. The largest absolute Gasteiger partial charge is 0.504 e. The number of aromatic hydroxyl groups is 4. The molecule has 0 saturated heterocycles. The average Bonchev–Trinajstić information content (AvgIpc) is 2.83. The highest BCUT2D eigenvalue weighted by Crippen LogP contribution is 2.38. The third-order valence-corrected chi connectivity index (χ3v) is 5.89. The fourth-order valence-corrected chi connectivity index (χ4v) is 4.07. The summed E-state index contributed by atoms with van der Waals surface area (Å²) in [5.74, 6) is -5.47. The maximum Gasteiger partial charge on any atom is 0.348 e. The van der Waals surface area contributed by atoms with Crippen molar-refractivity contribution in [1.82, 2.24) is 0 Å². The maximum absolute atomic E-state index is 12.4. The van der Waals surface area contributed by atoms with Crippen molar-refractivity contribution < 1.29 is 54.5 Å². The standard InChI is InChI=1S/C26H26O11/c1-14-12-26(25(34)35,37-23(33)9-5-16-3-7-18(28)20(30)11-16)13-21(31)24(14)36-22(32)8-4-15-2-6-17(27)19(29)10-15/h2-11,14,21,24,27-31H,12-13H2,1H3,(H,34,35)/b8-4+,9-5+/t14-,21-,24?,26-/m1/s1. The summed E-state index contributed by atoms with van der Waals surface area (Å²) in [4.78, 5) is 36.7. The second kappa shape index (κ2) is 11.0. The number of carbonyl (C=O) groups is 3. The number of esters is 2. The minimum absolute atomic E-state index is 0.244. The van der Waals surface area contributed by atoms with Crippen LogP contribution < -0.4 is 0 Å². The van der Waals surface area contributed by atoms with Gasteiger partial charge in [-0.2, -0.15) is 0 Å². The van der Waals surface area contributed by atoms with Gasteiger partial charge in [0.1, 0.15) is 6.10 Å². The molecular weight excluding hydrogens is 488 g/mol. The molecule has 11 nitrogen and oxygen atoms in total. The van der Waals surface area contributed by atoms with Crippen LogP contribution in [0.1, 0.15) is 30.9 Å². The Balaban J connectivity index is 1.66. The van der Waals surface area contributed by atoms with Crippen LogP contribution in [0, 0.1) is 5.92 Å². The summed E-state index contributed by atoms with van der Waals surface area (Å²) < 4.78 is 10.6. The number of aliphatic carboxylic acids is 1. The molecular formula is C26H26O11. The molecule has 196 valence electrons. The molecule has 0 bridgehead atoms. The van der Waals surface area contributed by atoms with E-state index in [9.17, 15) is 45.0 Å². The number of phenolic OH excluding ortho intramolecular Hbond substituents is 4. The highest BCUT2D eigenvalue weighted by molar-refractivity contribution is 5.91. The van der Waals surface area contributed by atoms with E-state index >= 15 is 0 Å². The summed E-state index contributed by atoms with van der Waals surface area (Å²) in [5, 5.41) is 58.2. The Kier molecular flexibility index (Phi) is 8.08. The van der Waals surface area contributed by atoms with Gasteiger partial charge in [-0.1, -0.05) is 19.1 Å². The van der Waals surface area contributed by atoms with E-state index in [4.69, 9.17) is 9.47 Å². The van der Waals surface area contributed by atoms with Gasteiger partial charge in [0.05, 0.1) is 6.10 Å². The monoisotopic (exact) mass is 514 g/mol. The van der Waals surface area contributed by atoms with Crippen LogP contribution in [0.4, 0.5) is 0 Å². The first-order chi connectivity index (χ1) is 17.4. The van der Waals surface area contributed by atoms with Crippen molar-refractivity contribution in [3.63, 3.8) is 0 Å². The number of benzene rings is 2. The first-order valence-corrected chi connectivity index (χ1v) is 11.2. The van der Waals surface area contributed by atoms with Crippen molar-refractivity contribution in [2.24, 2.45) is 5.92 Å². The predicted octanol–water partition coefficient (Wildman–Crippen LogP) is 2.30. The number of phenols is 4. The molecule has 1 aliphatic rings. The van der Waals surface area contributed by atoms with Gasteiger partial charge < -0.3 is 40.1 Å². The number of carboxylic acids is 1. The maximum atomic E-state index is 12.4. The minimum Gasteiger partial charge on any atom is -0.504 e. The molecule has 2 aromatic rings. The van der Waals surface area contributed by atoms with Crippen molar-refractivity contribution in [2.75, 3.05) is 0 Å². The molecule has 1 saturated carbocycles. The van der Waals surface area contributed by atoms with Gasteiger partial charge in [0.2, 0.25) is 5.60 Å². The van der Waals surface area contributed by atoms with Gasteiger partial charge in [-0.15, -0.1) is 0 Å². The van der Waals surface area contributed by atoms with E-state index < -0.39 is 53.8 Å². The molecule has 0 amide bonds. The molecule has 0 aliphatic heterocycles. The van der Waals surface area contributed by atoms with Crippen LogP contribution in [0.3, 0.4) is 0 Å². The van der Waals surface area contributed by atoms with Crippen LogP contribution in [0.25, 0.3) is 12.2 Å². The Hall–Kier alpha value is -4.51. The lowest BCUT2D eigenvalue weighted by Gasteiger charge is -2.42. The molecule has 0 heterocycles. The Bertz CT molecular complexity index is 1240. The summed E-state index contributed by atoms with van der Waals surface area (Å²) in [7, 11) is 0. The van der Waals surface area contributed by atoms with Crippen molar-refractivity contribution in [3.05, 3.63) is 59.7 Å². The van der Waals surface area contributed by atoms with E-state index in [-0.39, 0.29) is 23.7 Å². The van der Waals surface area contributed by atoms with Crippen LogP contribution in [-0.2, 0) is 23.9 Å². The summed E-state index contributed by atoms with van der Waals surface area (Å²) in [5.41, 5.74) is -1.33. The Morgan fingerprint density at radius 1 is 0.838 bits per heavy atom. The minimum atomic E-state index is -2.07. The van der Waals surface area contributed by atoms with Gasteiger partial charge >= 0.3 is 17.9 Å². The number of aliphatic hydroxyl groups is 1. The lowest BCUT2D eigenvalue weighted by molar-refractivity contribution is -0.199. The topological polar surface area (TPSA) is 191 Å². The normalized spacial score (nSPS) is 23.7. The zero-order valence-corrected chi connectivity index (χ0v) is 19.6. The number of hydrogen-bond acceptors (Lipinski definition) is 10. The van der Waals surface area contributed by atoms with E-state index in [1.807, 2.05) is 0 Å². The van der Waals surface area contributed by atoms with Crippen LogP contribution in [0.2, 0.25) is 0 Å². The second-order valence-electron chi connectivity index (χ2n) is 8.74. The number of carboxylic acid groups (broad SMARTS) is 1. The van der Waals surface area contributed by atoms with Crippen molar-refractivity contribution >= 4 is 30.1 Å². The average molecular weight is 514 g/mol. The summed E-state index contributed by atoms with van der Waals surface area (Å²) >= 11 is 0. The van der Waals surface area contributed by atoms with E-state index in [2.05, 4.69) is 0 Å². The molecule has 1 fully saturated rings. The molecule has 2 aromatic carbocycles. The van der Waals surface area contributed by atoms with Gasteiger partial charge in [-0.3, -0.25) is 0 Å². The van der Waals surface area contributed by atoms with Gasteiger partial charge in [-0.25, -0.2) is 14.4 Å². The fraction of sp³-hybridized carbons (Fsp3) is 0.269. The first-order valence-electron chi connectivity index (χ1n) is 11.2. The number of aliphatic hydroxyl groups excluding tert-OH is 1. The number of rotatable bonds is 7. The molecule has 4 atom stereocenters. The van der Waals surface area contributed by atoms with E-state index in [0.717, 1.165) is 12.2 Å². The highest BCUT2D eigenvalue weighted by Gasteiger charge is 2.53. The molecule has 1 unspecified atom stereocenters. The number of hydrogen-bond donors (Lipinski definition) is 6. The molecule has 6 N–H and O–H groups in total. The van der Waals surface area contributed by atoms with E-state index in [1.165, 1.54) is 48.6 Å². The summed E-state index contributed by atoms with van der Waals surface area (Å²) in [6.45, 7) is 1.54. The van der Waals surface area contributed by atoms with Crippen molar-refractivity contribution in [1.29, 1.82) is 0 Å². The van der Waals surface area contributed by atoms with Crippen molar-refractivity contribution in [3.8, 4) is 23.0 Å². The van der Waals surface area contributed by atoms with Crippen LogP contribution in [0.5, 0.6) is 23.0 Å². The Morgan fingerprint density at radius 2 is 1.35 bits per heavy atom. The van der Waals surface area contributed by atoms with Crippen LogP contribution in [-0.4, -0.2) is 66.4 Å². The van der Waals surface area contributed by atoms with Gasteiger partial charge in [0.25, 0.3) is 0 Å². The molecule has 0 spiro atoms. The number of ether oxygens (including phenoxy) is 2. The van der Waals surface area contributed by atoms with Crippen molar-refractivity contribution in [2.45, 2.75) is 37.6 Å². The molecule has 11 heteroatoms. The summed E-state index contributed by atoms with van der Waals surface area (Å²) in [6.07, 6.45) is 1.27. The molecule has 37 heavy (non-hydrogen) atoms. The molecule has 0 radical (unpaired) electrons. The zero-order chi connectivity index (χ0) is 27.3. The molecule has 1 aliphatic carbocycles. The summed E-state index contributed by atoms with van der Waals surface area (Å²) in [6, 6.07) is 7.73. The smallest absolute Gasteiger partial charge is 0.348 e. The van der Waals surface area contributed by atoms with Crippen LogP contribution in [0.15, 0.2) is 48.6 Å². The quantitative estimate of drug-likeness (QED) is 0.180. The lowest BCUT2D eigenvalue weighted by atomic mass is 9.75. The van der Waals surface area contributed by atoms with Gasteiger partial charge in [0.15, 0.2) is 23.0 Å². The van der Waals surface area contributed by atoms with E-state index in [1.54, 1.807) is 6.92 Å². The molecule has 3 rings (SSSR count). The zero-order valence-electron chi connectivity index (χ0n) is 19.6. The second-order valence-corrected chi connectivity index (χ2v) is 8.74. The predicted molar refractivity (Wildman–Crippen MR) is 128 cm³/mol. The third kappa shape index (κ3) is 6.58. The Morgan fingerprint density at radius 3 is 1.81 bits per heavy atom. The van der Waals surface area contributed by atoms with E-state index in [0.29, 0.717) is 11.1 Å². The lowest BCUT2D eigenvalue weighted by Crippen LogP contribution is -2.56. The third-order valence-electron chi connectivity index (χ3n) is 5.89. The highest BCUT2D eigenvalue weighted by atomic mass is 16.6. The number of carbonyl (C=O) groups excluding carboxylic acids is 2. The van der Waals surface area contributed by atoms with Gasteiger partial charge in [0, 0.05) is 30.9 Å². The van der Waals surface area contributed by atoms with Gasteiger partial charge in [-0.05, 0) is 47.5 Å².